The Morgan fingerprint density at radius 2 is 0.915 bits per heavy atom. The standard InChI is InChI=1S/C40H41NO6/c1-42-35-22-18-33(19-23-35)41(34-20-24-36(43-2)25-21-34)40-39(46-28-32-16-10-5-11-17-32)38(45-27-31-14-8-4-9-15-31)37(29-47-40)44-26-30-12-6-3-7-13-30/h3-25,37-40H,26-29H2,1-2H3/t37-,38-,39+,40+/m1/s1. The second-order valence-electron chi connectivity index (χ2n) is 11.3. The van der Waals surface area contributed by atoms with E-state index in [0.717, 1.165) is 39.6 Å². The zero-order valence-electron chi connectivity index (χ0n) is 26.8. The van der Waals surface area contributed by atoms with Gasteiger partial charge in [-0.2, -0.15) is 0 Å². The molecule has 1 heterocycles. The highest BCUT2D eigenvalue weighted by molar-refractivity contribution is 5.65. The Kier molecular flexibility index (Phi) is 11.2. The lowest BCUT2D eigenvalue weighted by Gasteiger charge is -2.46. The van der Waals surface area contributed by atoms with E-state index in [-0.39, 0.29) is 6.10 Å². The quantitative estimate of drug-likeness (QED) is 0.123. The van der Waals surface area contributed by atoms with Crippen molar-refractivity contribution in [1.82, 2.24) is 0 Å². The third-order valence-corrected chi connectivity index (χ3v) is 8.24. The summed E-state index contributed by atoms with van der Waals surface area (Å²) < 4.78 is 38.0. The molecule has 1 aliphatic heterocycles. The molecule has 0 unspecified atom stereocenters. The van der Waals surface area contributed by atoms with Crippen LogP contribution in [0.2, 0.25) is 0 Å². The van der Waals surface area contributed by atoms with Crippen LogP contribution in [0.5, 0.6) is 11.5 Å². The average Bonchev–Trinajstić information content (AvgIpc) is 3.14. The van der Waals surface area contributed by atoms with Gasteiger partial charge in [-0.05, 0) is 65.2 Å². The van der Waals surface area contributed by atoms with Gasteiger partial charge < -0.3 is 33.3 Å². The third-order valence-electron chi connectivity index (χ3n) is 8.24. The van der Waals surface area contributed by atoms with Gasteiger partial charge in [-0.1, -0.05) is 91.0 Å². The number of ether oxygens (including phenoxy) is 6. The molecule has 0 spiro atoms. The fourth-order valence-electron chi connectivity index (χ4n) is 5.74. The number of nitrogens with zero attached hydrogens (tertiary/aromatic N) is 1. The summed E-state index contributed by atoms with van der Waals surface area (Å²) in [5.74, 6) is 1.53. The highest BCUT2D eigenvalue weighted by Gasteiger charge is 2.46. The first-order chi connectivity index (χ1) is 23.2. The van der Waals surface area contributed by atoms with Gasteiger partial charge in [0.25, 0.3) is 0 Å². The van der Waals surface area contributed by atoms with Gasteiger partial charge in [0, 0.05) is 11.4 Å². The predicted octanol–water partition coefficient (Wildman–Crippen LogP) is 7.95. The monoisotopic (exact) mass is 631 g/mol. The number of benzene rings is 5. The molecule has 0 aromatic heterocycles. The van der Waals surface area contributed by atoms with E-state index in [9.17, 15) is 0 Å². The molecule has 242 valence electrons. The van der Waals surface area contributed by atoms with Gasteiger partial charge >= 0.3 is 0 Å². The summed E-state index contributed by atoms with van der Waals surface area (Å²) in [6, 6.07) is 46.4. The van der Waals surface area contributed by atoms with Crippen LogP contribution in [0.4, 0.5) is 11.4 Å². The minimum atomic E-state index is -0.558. The van der Waals surface area contributed by atoms with Gasteiger partial charge in [-0.3, -0.25) is 0 Å². The summed E-state index contributed by atoms with van der Waals surface area (Å²) in [5, 5.41) is 0. The van der Waals surface area contributed by atoms with Crippen molar-refractivity contribution >= 4 is 11.4 Å². The summed E-state index contributed by atoms with van der Waals surface area (Å²) in [6.45, 7) is 1.52. The molecule has 6 rings (SSSR count). The largest absolute Gasteiger partial charge is 0.497 e. The molecule has 4 atom stereocenters. The molecule has 0 N–H and O–H groups in total. The van der Waals surface area contributed by atoms with Gasteiger partial charge in [-0.15, -0.1) is 0 Å². The van der Waals surface area contributed by atoms with Crippen molar-refractivity contribution < 1.29 is 28.4 Å². The van der Waals surface area contributed by atoms with Gasteiger partial charge in [0.2, 0.25) is 0 Å². The van der Waals surface area contributed by atoms with Crippen molar-refractivity contribution in [2.75, 3.05) is 25.7 Å². The maximum Gasteiger partial charge on any atom is 0.163 e. The van der Waals surface area contributed by atoms with Crippen LogP contribution in [-0.4, -0.2) is 45.4 Å². The molecule has 1 fully saturated rings. The highest BCUT2D eigenvalue weighted by Crippen LogP contribution is 2.37. The lowest BCUT2D eigenvalue weighted by atomic mass is 10.0. The Hall–Kier alpha value is -4.66. The lowest BCUT2D eigenvalue weighted by molar-refractivity contribution is -0.236. The summed E-state index contributed by atoms with van der Waals surface area (Å²) in [6.07, 6.45) is -1.94. The lowest BCUT2D eigenvalue weighted by Crippen LogP contribution is -2.60. The zero-order valence-corrected chi connectivity index (χ0v) is 26.8. The van der Waals surface area contributed by atoms with Crippen molar-refractivity contribution in [2.24, 2.45) is 0 Å². The van der Waals surface area contributed by atoms with E-state index in [4.69, 9.17) is 28.4 Å². The first-order valence-electron chi connectivity index (χ1n) is 15.9. The van der Waals surface area contributed by atoms with Crippen LogP contribution in [0.25, 0.3) is 0 Å². The molecule has 0 saturated carbocycles. The summed E-state index contributed by atoms with van der Waals surface area (Å²) in [5.41, 5.74) is 5.04. The number of hydrogen-bond donors (Lipinski definition) is 0. The maximum absolute atomic E-state index is 6.86. The number of hydrogen-bond acceptors (Lipinski definition) is 7. The van der Waals surface area contributed by atoms with Crippen LogP contribution < -0.4 is 14.4 Å². The fraction of sp³-hybridized carbons (Fsp3) is 0.250. The first-order valence-corrected chi connectivity index (χ1v) is 15.9. The van der Waals surface area contributed by atoms with Crippen molar-refractivity contribution in [3.05, 3.63) is 156 Å². The molecule has 0 radical (unpaired) electrons. The van der Waals surface area contributed by atoms with E-state index in [0.29, 0.717) is 26.4 Å². The number of methoxy groups -OCH3 is 2. The number of anilines is 2. The Balaban J connectivity index is 1.38. The molecule has 7 heteroatoms. The highest BCUT2D eigenvalue weighted by atomic mass is 16.6. The van der Waals surface area contributed by atoms with E-state index in [1.54, 1.807) is 14.2 Å². The molecular weight excluding hydrogens is 590 g/mol. The second-order valence-corrected chi connectivity index (χ2v) is 11.3. The molecule has 7 nitrogen and oxygen atoms in total. The van der Waals surface area contributed by atoms with Crippen LogP contribution in [0, 0.1) is 0 Å². The van der Waals surface area contributed by atoms with E-state index in [2.05, 4.69) is 41.3 Å². The molecule has 0 aliphatic carbocycles. The van der Waals surface area contributed by atoms with Crippen molar-refractivity contribution in [3.63, 3.8) is 0 Å². The van der Waals surface area contributed by atoms with Crippen LogP contribution in [0.3, 0.4) is 0 Å². The molecular formula is C40H41NO6. The van der Waals surface area contributed by atoms with Crippen LogP contribution in [0.1, 0.15) is 16.7 Å². The first kappa shape index (κ1) is 32.3. The molecule has 5 aromatic carbocycles. The van der Waals surface area contributed by atoms with E-state index < -0.39 is 18.4 Å². The molecule has 47 heavy (non-hydrogen) atoms. The van der Waals surface area contributed by atoms with Crippen LogP contribution in [0.15, 0.2) is 140 Å². The molecule has 5 aromatic rings. The number of rotatable bonds is 14. The predicted molar refractivity (Wildman–Crippen MR) is 183 cm³/mol. The Labute approximate surface area is 277 Å². The zero-order chi connectivity index (χ0) is 32.3. The Bertz CT molecular complexity index is 1570. The molecule has 0 amide bonds. The summed E-state index contributed by atoms with van der Waals surface area (Å²) in [7, 11) is 3.33. The minimum Gasteiger partial charge on any atom is -0.497 e. The van der Waals surface area contributed by atoms with E-state index in [1.807, 2.05) is 103 Å². The van der Waals surface area contributed by atoms with Gasteiger partial charge in [0.05, 0.1) is 40.6 Å². The molecule has 1 saturated heterocycles. The molecule has 0 bridgehead atoms. The summed E-state index contributed by atoms with van der Waals surface area (Å²) >= 11 is 0. The normalized spacial score (nSPS) is 19.2. The average molecular weight is 632 g/mol. The topological polar surface area (TPSA) is 58.6 Å². The van der Waals surface area contributed by atoms with E-state index >= 15 is 0 Å². The van der Waals surface area contributed by atoms with Crippen LogP contribution >= 0.6 is 0 Å². The SMILES string of the molecule is COc1ccc(N(c2ccc(OC)cc2)[C@H]2OC[C@@H](OCc3ccccc3)[C@@H](OCc3ccccc3)[C@@H]2OCc2ccccc2)cc1. The molecule has 1 aliphatic rings. The van der Waals surface area contributed by atoms with Gasteiger partial charge in [0.15, 0.2) is 6.23 Å². The minimum absolute atomic E-state index is 0.310. The maximum atomic E-state index is 6.86. The summed E-state index contributed by atoms with van der Waals surface area (Å²) in [4.78, 5) is 2.15. The Morgan fingerprint density at radius 1 is 0.511 bits per heavy atom. The van der Waals surface area contributed by atoms with Gasteiger partial charge in [0.1, 0.15) is 29.8 Å². The van der Waals surface area contributed by atoms with E-state index in [1.165, 1.54) is 0 Å². The third kappa shape index (κ3) is 8.39. The Morgan fingerprint density at radius 3 is 1.34 bits per heavy atom. The van der Waals surface area contributed by atoms with Crippen molar-refractivity contribution in [1.29, 1.82) is 0 Å². The second kappa shape index (κ2) is 16.3. The smallest absolute Gasteiger partial charge is 0.163 e. The fourth-order valence-corrected chi connectivity index (χ4v) is 5.74. The van der Waals surface area contributed by atoms with Crippen LogP contribution in [-0.2, 0) is 38.8 Å². The van der Waals surface area contributed by atoms with Crippen molar-refractivity contribution in [3.8, 4) is 11.5 Å². The van der Waals surface area contributed by atoms with Gasteiger partial charge in [-0.25, -0.2) is 0 Å². The van der Waals surface area contributed by atoms with Crippen molar-refractivity contribution in [2.45, 2.75) is 44.4 Å².